The van der Waals surface area contributed by atoms with Gasteiger partial charge in [0, 0.05) is 19.5 Å². The monoisotopic (exact) mass is 251 g/mol. The molecule has 98 valence electrons. The number of furan rings is 1. The molecule has 0 bridgehead atoms. The number of carboxylic acids is 1. The molecule has 1 saturated heterocycles. The van der Waals surface area contributed by atoms with E-state index in [1.165, 1.54) is 0 Å². The molecule has 0 saturated carbocycles. The van der Waals surface area contributed by atoms with Crippen LogP contribution in [0.15, 0.2) is 16.5 Å². The number of hydrogen-bond acceptors (Lipinski definition) is 3. The van der Waals surface area contributed by atoms with Gasteiger partial charge in [-0.15, -0.1) is 0 Å². The maximum atomic E-state index is 12.1. The minimum absolute atomic E-state index is 0.0212. The van der Waals surface area contributed by atoms with Crippen LogP contribution in [0.3, 0.4) is 0 Å². The van der Waals surface area contributed by atoms with Gasteiger partial charge in [-0.1, -0.05) is 13.8 Å². The van der Waals surface area contributed by atoms with Gasteiger partial charge in [-0.3, -0.25) is 9.59 Å². The number of amides is 1. The van der Waals surface area contributed by atoms with Gasteiger partial charge in [-0.05, 0) is 18.1 Å². The molecular formula is C13H17NO4. The zero-order chi connectivity index (χ0) is 13.3. The zero-order valence-corrected chi connectivity index (χ0v) is 10.5. The molecule has 2 heterocycles. The van der Waals surface area contributed by atoms with Crippen molar-refractivity contribution in [3.63, 3.8) is 0 Å². The van der Waals surface area contributed by atoms with Gasteiger partial charge < -0.3 is 14.4 Å². The first kappa shape index (κ1) is 12.7. The van der Waals surface area contributed by atoms with Gasteiger partial charge in [0.15, 0.2) is 5.76 Å². The van der Waals surface area contributed by atoms with E-state index in [2.05, 4.69) is 0 Å². The maximum Gasteiger partial charge on any atom is 0.308 e. The van der Waals surface area contributed by atoms with Crippen LogP contribution in [-0.2, 0) is 11.2 Å². The van der Waals surface area contributed by atoms with Gasteiger partial charge in [0.05, 0.1) is 5.92 Å². The summed E-state index contributed by atoms with van der Waals surface area (Å²) in [6, 6.07) is 3.43. The number of aryl methyl sites for hydroxylation is 1. The molecule has 2 atom stereocenters. The predicted octanol–water partition coefficient (Wildman–Crippen LogP) is 1.63. The van der Waals surface area contributed by atoms with E-state index in [0.717, 1.165) is 12.2 Å². The first-order chi connectivity index (χ1) is 8.52. The Kier molecular flexibility index (Phi) is 3.41. The van der Waals surface area contributed by atoms with Crippen LogP contribution in [0.25, 0.3) is 0 Å². The van der Waals surface area contributed by atoms with Crippen molar-refractivity contribution >= 4 is 11.9 Å². The summed E-state index contributed by atoms with van der Waals surface area (Å²) < 4.78 is 5.40. The standard InChI is InChI=1S/C13H17NO4/c1-3-9-4-5-11(18-9)12(15)14-6-8(2)10(7-14)13(16)17/h4-5,8,10H,3,6-7H2,1-2H3,(H,16,17). The molecule has 1 N–H and O–H groups in total. The van der Waals surface area contributed by atoms with E-state index >= 15 is 0 Å². The van der Waals surface area contributed by atoms with Crippen molar-refractivity contribution in [3.05, 3.63) is 23.7 Å². The third kappa shape index (κ3) is 2.25. The molecule has 0 aliphatic carbocycles. The Bertz CT molecular complexity index is 465. The number of likely N-dealkylation sites (tertiary alicyclic amines) is 1. The molecule has 0 aromatic carbocycles. The summed E-state index contributed by atoms with van der Waals surface area (Å²) in [6.45, 7) is 4.53. The molecule has 5 nitrogen and oxygen atoms in total. The van der Waals surface area contributed by atoms with Gasteiger partial charge in [-0.2, -0.15) is 0 Å². The summed E-state index contributed by atoms with van der Waals surface area (Å²) in [4.78, 5) is 24.7. The lowest BCUT2D eigenvalue weighted by molar-refractivity contribution is -0.142. The molecule has 1 amide bonds. The topological polar surface area (TPSA) is 70.8 Å². The van der Waals surface area contributed by atoms with Crippen LogP contribution in [0.1, 0.15) is 30.2 Å². The largest absolute Gasteiger partial charge is 0.481 e. The molecule has 18 heavy (non-hydrogen) atoms. The Balaban J connectivity index is 2.09. The molecule has 2 unspecified atom stereocenters. The van der Waals surface area contributed by atoms with Crippen molar-refractivity contribution in [3.8, 4) is 0 Å². The van der Waals surface area contributed by atoms with E-state index in [9.17, 15) is 9.59 Å². The summed E-state index contributed by atoms with van der Waals surface area (Å²) in [7, 11) is 0. The SMILES string of the molecule is CCc1ccc(C(=O)N2CC(C)C(C(=O)O)C2)o1. The number of hydrogen-bond donors (Lipinski definition) is 1. The van der Waals surface area contributed by atoms with E-state index in [0.29, 0.717) is 12.3 Å². The van der Waals surface area contributed by atoms with Gasteiger partial charge in [0.2, 0.25) is 0 Å². The lowest BCUT2D eigenvalue weighted by atomic mass is 9.99. The molecule has 0 radical (unpaired) electrons. The average molecular weight is 251 g/mol. The minimum atomic E-state index is -0.841. The number of nitrogens with zero attached hydrogens (tertiary/aromatic N) is 1. The van der Waals surface area contributed by atoms with E-state index in [1.54, 1.807) is 17.0 Å². The Morgan fingerprint density at radius 2 is 2.17 bits per heavy atom. The molecule has 0 spiro atoms. The highest BCUT2D eigenvalue weighted by molar-refractivity contribution is 5.92. The number of rotatable bonds is 3. The normalized spacial score (nSPS) is 23.3. The molecule has 1 fully saturated rings. The van der Waals surface area contributed by atoms with Gasteiger partial charge in [0.25, 0.3) is 5.91 Å². The molecule has 1 aromatic rings. The van der Waals surface area contributed by atoms with Crippen LogP contribution in [-0.4, -0.2) is 35.0 Å². The van der Waals surface area contributed by atoms with Crippen molar-refractivity contribution < 1.29 is 19.1 Å². The summed E-state index contributed by atoms with van der Waals surface area (Å²) in [5, 5.41) is 9.03. The molecule has 2 rings (SSSR count). The second-order valence-corrected chi connectivity index (χ2v) is 4.75. The van der Waals surface area contributed by atoms with Crippen LogP contribution < -0.4 is 0 Å². The van der Waals surface area contributed by atoms with Gasteiger partial charge in [-0.25, -0.2) is 0 Å². The average Bonchev–Trinajstić information content (AvgIpc) is 2.94. The molecule has 1 aliphatic rings. The van der Waals surface area contributed by atoms with E-state index < -0.39 is 11.9 Å². The Labute approximate surface area is 105 Å². The maximum absolute atomic E-state index is 12.1. The van der Waals surface area contributed by atoms with Crippen LogP contribution in [0.2, 0.25) is 0 Å². The van der Waals surface area contributed by atoms with Crippen molar-refractivity contribution in [1.82, 2.24) is 4.90 Å². The molecular weight excluding hydrogens is 234 g/mol. The molecule has 1 aliphatic heterocycles. The predicted molar refractivity (Wildman–Crippen MR) is 64.3 cm³/mol. The van der Waals surface area contributed by atoms with Gasteiger partial charge in [0.1, 0.15) is 5.76 Å². The highest BCUT2D eigenvalue weighted by Crippen LogP contribution is 2.25. The van der Waals surface area contributed by atoms with Crippen LogP contribution in [0, 0.1) is 11.8 Å². The fourth-order valence-corrected chi connectivity index (χ4v) is 2.29. The second kappa shape index (κ2) is 4.84. The van der Waals surface area contributed by atoms with Crippen molar-refractivity contribution in [2.24, 2.45) is 11.8 Å². The Morgan fingerprint density at radius 1 is 1.44 bits per heavy atom. The molecule has 5 heteroatoms. The van der Waals surface area contributed by atoms with E-state index in [4.69, 9.17) is 9.52 Å². The molecule has 1 aromatic heterocycles. The van der Waals surface area contributed by atoms with E-state index in [1.807, 2.05) is 13.8 Å². The van der Waals surface area contributed by atoms with Crippen LogP contribution in [0.5, 0.6) is 0 Å². The van der Waals surface area contributed by atoms with E-state index in [-0.39, 0.29) is 18.4 Å². The van der Waals surface area contributed by atoms with Crippen LogP contribution >= 0.6 is 0 Å². The minimum Gasteiger partial charge on any atom is -0.481 e. The van der Waals surface area contributed by atoms with Gasteiger partial charge >= 0.3 is 5.97 Å². The third-order valence-electron chi connectivity index (χ3n) is 3.44. The Morgan fingerprint density at radius 3 is 2.67 bits per heavy atom. The van der Waals surface area contributed by atoms with Crippen LogP contribution in [0.4, 0.5) is 0 Å². The summed E-state index contributed by atoms with van der Waals surface area (Å²) in [5.74, 6) is -0.496. The summed E-state index contributed by atoms with van der Waals surface area (Å²) in [5.41, 5.74) is 0. The third-order valence-corrected chi connectivity index (χ3v) is 3.44. The Hall–Kier alpha value is -1.78. The zero-order valence-electron chi connectivity index (χ0n) is 10.5. The number of carboxylic acid groups (broad SMARTS) is 1. The lowest BCUT2D eigenvalue weighted by Gasteiger charge is -2.13. The summed E-state index contributed by atoms with van der Waals surface area (Å²) in [6.07, 6.45) is 0.738. The lowest BCUT2D eigenvalue weighted by Crippen LogP contribution is -2.29. The smallest absolute Gasteiger partial charge is 0.308 e. The number of aliphatic carboxylic acids is 1. The summed E-state index contributed by atoms with van der Waals surface area (Å²) >= 11 is 0. The number of carbonyl (C=O) groups excluding carboxylic acids is 1. The van der Waals surface area contributed by atoms with Crippen molar-refractivity contribution in [2.75, 3.05) is 13.1 Å². The number of carbonyl (C=O) groups is 2. The van der Waals surface area contributed by atoms with Crippen molar-refractivity contribution in [1.29, 1.82) is 0 Å². The highest BCUT2D eigenvalue weighted by atomic mass is 16.4. The highest BCUT2D eigenvalue weighted by Gasteiger charge is 2.37. The fourth-order valence-electron chi connectivity index (χ4n) is 2.29. The quantitative estimate of drug-likeness (QED) is 0.886. The van der Waals surface area contributed by atoms with Crippen molar-refractivity contribution in [2.45, 2.75) is 20.3 Å². The first-order valence-electron chi connectivity index (χ1n) is 6.13. The fraction of sp³-hybridized carbons (Fsp3) is 0.538. The first-order valence-corrected chi connectivity index (χ1v) is 6.13. The second-order valence-electron chi connectivity index (χ2n) is 4.75.